The molecule has 0 aromatic carbocycles. The number of nitrogens with one attached hydrogen (secondary N) is 1. The van der Waals surface area contributed by atoms with E-state index in [0.717, 1.165) is 4.88 Å². The number of hydrogen-bond donors (Lipinski definition) is 2. The summed E-state index contributed by atoms with van der Waals surface area (Å²) in [4.78, 5) is 12.2. The maximum atomic E-state index is 11.0. The van der Waals surface area contributed by atoms with E-state index in [9.17, 15) is 4.79 Å². The summed E-state index contributed by atoms with van der Waals surface area (Å²) in [5, 5.41) is 14.1. The summed E-state index contributed by atoms with van der Waals surface area (Å²) in [6.07, 6.45) is 0. The van der Waals surface area contributed by atoms with Gasteiger partial charge in [0.2, 0.25) is 0 Å². The van der Waals surface area contributed by atoms with Crippen LogP contribution in [-0.4, -0.2) is 17.1 Å². The number of rotatable bonds is 4. The van der Waals surface area contributed by atoms with E-state index in [4.69, 9.17) is 5.11 Å². The molecule has 0 saturated heterocycles. The van der Waals surface area contributed by atoms with Crippen LogP contribution in [0, 0.1) is 5.41 Å². The Balaban J connectivity index is 2.57. The summed E-state index contributed by atoms with van der Waals surface area (Å²) in [5.74, 6) is -0.793. The fourth-order valence-electron chi connectivity index (χ4n) is 1.38. The van der Waals surface area contributed by atoms with E-state index < -0.39 is 12.0 Å². The second-order valence-corrected chi connectivity index (χ2v) is 5.63. The van der Waals surface area contributed by atoms with Crippen LogP contribution >= 0.6 is 11.3 Å². The van der Waals surface area contributed by atoms with Gasteiger partial charge in [0, 0.05) is 11.4 Å². The van der Waals surface area contributed by atoms with Crippen molar-refractivity contribution in [2.24, 2.45) is 5.41 Å². The van der Waals surface area contributed by atoms with E-state index in [0.29, 0.717) is 6.54 Å². The lowest BCUT2D eigenvalue weighted by molar-refractivity contribution is -0.142. The largest absolute Gasteiger partial charge is 0.480 e. The zero-order valence-electron chi connectivity index (χ0n) is 9.28. The predicted octanol–water partition coefficient (Wildman–Crippen LogP) is 2.34. The number of carboxylic acids is 1. The van der Waals surface area contributed by atoms with Crippen molar-refractivity contribution >= 4 is 17.3 Å². The molecule has 0 amide bonds. The number of aliphatic carboxylic acids is 1. The van der Waals surface area contributed by atoms with Crippen LogP contribution in [0.1, 0.15) is 25.6 Å². The zero-order chi connectivity index (χ0) is 11.5. The van der Waals surface area contributed by atoms with Gasteiger partial charge in [-0.1, -0.05) is 26.8 Å². The highest BCUT2D eigenvalue weighted by Crippen LogP contribution is 2.20. The summed E-state index contributed by atoms with van der Waals surface area (Å²) >= 11 is 1.63. The van der Waals surface area contributed by atoms with E-state index in [1.165, 1.54) is 0 Å². The van der Waals surface area contributed by atoms with E-state index in [2.05, 4.69) is 5.32 Å². The average Bonchev–Trinajstić information content (AvgIpc) is 2.53. The molecule has 1 atom stereocenters. The molecule has 0 aliphatic carbocycles. The van der Waals surface area contributed by atoms with Gasteiger partial charge in [-0.25, -0.2) is 0 Å². The molecule has 1 unspecified atom stereocenters. The molecule has 15 heavy (non-hydrogen) atoms. The second-order valence-electron chi connectivity index (χ2n) is 4.60. The van der Waals surface area contributed by atoms with Gasteiger partial charge in [0.1, 0.15) is 6.04 Å². The highest BCUT2D eigenvalue weighted by Gasteiger charge is 2.30. The first-order valence-corrected chi connectivity index (χ1v) is 5.78. The average molecular weight is 227 g/mol. The Morgan fingerprint density at radius 2 is 2.27 bits per heavy atom. The molecule has 0 bridgehead atoms. The molecule has 2 N–H and O–H groups in total. The first kappa shape index (κ1) is 12.2. The zero-order valence-corrected chi connectivity index (χ0v) is 10.1. The van der Waals surface area contributed by atoms with E-state index >= 15 is 0 Å². The van der Waals surface area contributed by atoms with Gasteiger partial charge in [-0.3, -0.25) is 10.1 Å². The minimum Gasteiger partial charge on any atom is -0.480 e. The monoisotopic (exact) mass is 227 g/mol. The molecule has 84 valence electrons. The standard InChI is InChI=1S/C11H17NO2S/c1-11(2,3)9(10(13)14)12-7-8-5-4-6-15-8/h4-6,9,12H,7H2,1-3H3,(H,13,14). The Labute approximate surface area is 94.1 Å². The molecule has 4 heteroatoms. The van der Waals surface area contributed by atoms with Gasteiger partial charge >= 0.3 is 5.97 Å². The number of carbonyl (C=O) groups is 1. The molecule has 1 rings (SSSR count). The quantitative estimate of drug-likeness (QED) is 0.830. The van der Waals surface area contributed by atoms with Crippen LogP contribution in [0.2, 0.25) is 0 Å². The topological polar surface area (TPSA) is 49.3 Å². The van der Waals surface area contributed by atoms with Crippen LogP contribution in [-0.2, 0) is 11.3 Å². The summed E-state index contributed by atoms with van der Waals surface area (Å²) in [7, 11) is 0. The van der Waals surface area contributed by atoms with Gasteiger partial charge in [-0.05, 0) is 16.9 Å². The molecular weight excluding hydrogens is 210 g/mol. The van der Waals surface area contributed by atoms with Crippen molar-refractivity contribution in [3.8, 4) is 0 Å². The summed E-state index contributed by atoms with van der Waals surface area (Å²) < 4.78 is 0. The first-order chi connectivity index (χ1) is 6.91. The third-order valence-corrected chi connectivity index (χ3v) is 3.05. The third-order valence-electron chi connectivity index (χ3n) is 2.17. The highest BCUT2D eigenvalue weighted by atomic mass is 32.1. The lowest BCUT2D eigenvalue weighted by atomic mass is 9.87. The summed E-state index contributed by atoms with van der Waals surface area (Å²) in [6, 6.07) is 3.45. The SMILES string of the molecule is CC(C)(C)C(NCc1cccs1)C(=O)O. The highest BCUT2D eigenvalue weighted by molar-refractivity contribution is 7.09. The maximum Gasteiger partial charge on any atom is 0.321 e. The molecule has 0 spiro atoms. The number of thiophene rings is 1. The van der Waals surface area contributed by atoms with Gasteiger partial charge in [0.05, 0.1) is 0 Å². The van der Waals surface area contributed by atoms with E-state index in [1.54, 1.807) is 11.3 Å². The van der Waals surface area contributed by atoms with Crippen LogP contribution < -0.4 is 5.32 Å². The molecule has 1 aromatic heterocycles. The smallest absolute Gasteiger partial charge is 0.321 e. The lowest BCUT2D eigenvalue weighted by Crippen LogP contribution is -2.45. The van der Waals surface area contributed by atoms with Crippen molar-refractivity contribution < 1.29 is 9.90 Å². The Bertz CT molecular complexity index is 314. The lowest BCUT2D eigenvalue weighted by Gasteiger charge is -2.27. The molecular formula is C11H17NO2S. The van der Waals surface area contributed by atoms with Gasteiger partial charge in [0.15, 0.2) is 0 Å². The normalized spacial score (nSPS) is 13.8. The molecule has 0 aliphatic rings. The van der Waals surface area contributed by atoms with Crippen molar-refractivity contribution in [2.75, 3.05) is 0 Å². The van der Waals surface area contributed by atoms with Crippen molar-refractivity contribution in [3.05, 3.63) is 22.4 Å². The van der Waals surface area contributed by atoms with Gasteiger partial charge < -0.3 is 5.11 Å². The van der Waals surface area contributed by atoms with E-state index in [1.807, 2.05) is 38.3 Å². The number of carboxylic acid groups (broad SMARTS) is 1. The van der Waals surface area contributed by atoms with Crippen LogP contribution in [0.15, 0.2) is 17.5 Å². The van der Waals surface area contributed by atoms with Crippen molar-refractivity contribution in [3.63, 3.8) is 0 Å². The number of hydrogen-bond acceptors (Lipinski definition) is 3. The van der Waals surface area contributed by atoms with Gasteiger partial charge in [-0.2, -0.15) is 0 Å². The molecule has 0 fully saturated rings. The predicted molar refractivity (Wildman–Crippen MR) is 62.0 cm³/mol. The maximum absolute atomic E-state index is 11.0. The van der Waals surface area contributed by atoms with Gasteiger partial charge in [-0.15, -0.1) is 11.3 Å². The molecule has 0 aliphatic heterocycles. The van der Waals surface area contributed by atoms with Crippen LogP contribution in [0.4, 0.5) is 0 Å². The summed E-state index contributed by atoms with van der Waals surface area (Å²) in [6.45, 7) is 6.39. The first-order valence-electron chi connectivity index (χ1n) is 4.90. The summed E-state index contributed by atoms with van der Waals surface area (Å²) in [5.41, 5.74) is -0.275. The fraction of sp³-hybridized carbons (Fsp3) is 0.545. The molecule has 0 radical (unpaired) electrons. The Kier molecular flexibility index (Phi) is 3.88. The second kappa shape index (κ2) is 4.77. The van der Waals surface area contributed by atoms with Crippen LogP contribution in [0.5, 0.6) is 0 Å². The molecule has 1 aromatic rings. The van der Waals surface area contributed by atoms with Crippen LogP contribution in [0.25, 0.3) is 0 Å². The van der Waals surface area contributed by atoms with Crippen LogP contribution in [0.3, 0.4) is 0 Å². The Hall–Kier alpha value is -0.870. The van der Waals surface area contributed by atoms with Crippen molar-refractivity contribution in [1.82, 2.24) is 5.32 Å². The minimum atomic E-state index is -0.793. The molecule has 0 saturated carbocycles. The van der Waals surface area contributed by atoms with Gasteiger partial charge in [0.25, 0.3) is 0 Å². The Morgan fingerprint density at radius 1 is 1.60 bits per heavy atom. The minimum absolute atomic E-state index is 0.275. The Morgan fingerprint density at radius 3 is 2.67 bits per heavy atom. The fourth-order valence-corrected chi connectivity index (χ4v) is 2.04. The molecule has 3 nitrogen and oxygen atoms in total. The van der Waals surface area contributed by atoms with Crippen molar-refractivity contribution in [1.29, 1.82) is 0 Å². The molecule has 1 heterocycles. The van der Waals surface area contributed by atoms with Crippen molar-refractivity contribution in [2.45, 2.75) is 33.4 Å². The van der Waals surface area contributed by atoms with E-state index in [-0.39, 0.29) is 5.41 Å². The third kappa shape index (κ3) is 3.64.